The van der Waals surface area contributed by atoms with E-state index in [9.17, 15) is 4.79 Å². The molecule has 0 atom stereocenters. The van der Waals surface area contributed by atoms with Crippen molar-refractivity contribution in [2.45, 2.75) is 27.7 Å². The Kier molecular flexibility index (Phi) is 4.18. The summed E-state index contributed by atoms with van der Waals surface area (Å²) in [6, 6.07) is 2.12. The number of carbonyl (C=O) groups excluding carboxylic acids is 1. The number of nitrogens with zero attached hydrogens (tertiary/aromatic N) is 1. The smallest absolute Gasteiger partial charge is 0.231 e. The van der Waals surface area contributed by atoms with E-state index in [1.807, 2.05) is 13.8 Å². The number of amides is 1. The maximum absolute atomic E-state index is 12.0. The Morgan fingerprint density at radius 1 is 1.53 bits per heavy atom. The van der Waals surface area contributed by atoms with Gasteiger partial charge in [-0.15, -0.1) is 22.9 Å². The summed E-state index contributed by atoms with van der Waals surface area (Å²) in [4.78, 5) is 13.0. The summed E-state index contributed by atoms with van der Waals surface area (Å²) in [7, 11) is 0. The number of rotatable bonds is 3. The van der Waals surface area contributed by atoms with Gasteiger partial charge in [-0.1, -0.05) is 0 Å². The Labute approximate surface area is 110 Å². The van der Waals surface area contributed by atoms with Gasteiger partial charge in [-0.3, -0.25) is 4.79 Å². The van der Waals surface area contributed by atoms with E-state index in [1.54, 1.807) is 13.8 Å². The average Bonchev–Trinajstić information content (AvgIpc) is 2.54. The molecule has 92 valence electrons. The van der Waals surface area contributed by atoms with Gasteiger partial charge in [0.15, 0.2) is 0 Å². The van der Waals surface area contributed by atoms with Gasteiger partial charge in [-0.2, -0.15) is 5.26 Å². The van der Waals surface area contributed by atoms with Crippen LogP contribution in [0.2, 0.25) is 0 Å². The van der Waals surface area contributed by atoms with E-state index in [0.717, 1.165) is 10.4 Å². The number of nitrogens with one attached hydrogen (secondary N) is 1. The first-order chi connectivity index (χ1) is 7.83. The first-order valence-corrected chi connectivity index (χ1v) is 6.56. The molecule has 0 aliphatic heterocycles. The highest BCUT2D eigenvalue weighted by atomic mass is 35.5. The molecule has 0 aliphatic carbocycles. The lowest BCUT2D eigenvalue weighted by molar-refractivity contribution is -0.122. The summed E-state index contributed by atoms with van der Waals surface area (Å²) >= 11 is 7.16. The Hall–Kier alpha value is -1.05. The van der Waals surface area contributed by atoms with Gasteiger partial charge in [-0.05, 0) is 33.3 Å². The highest BCUT2D eigenvalue weighted by Crippen LogP contribution is 2.33. The van der Waals surface area contributed by atoms with Crippen molar-refractivity contribution in [3.63, 3.8) is 0 Å². The van der Waals surface area contributed by atoms with Crippen LogP contribution < -0.4 is 5.32 Å². The molecule has 1 amide bonds. The van der Waals surface area contributed by atoms with Crippen LogP contribution in [-0.4, -0.2) is 11.8 Å². The topological polar surface area (TPSA) is 52.9 Å². The van der Waals surface area contributed by atoms with E-state index in [-0.39, 0.29) is 11.8 Å². The standard InChI is InChI=1S/C12H15ClN2OS/c1-7-8(2)17-10(9(7)5-14)15-11(16)12(3,4)6-13/h6H2,1-4H3,(H,15,16). The van der Waals surface area contributed by atoms with Crippen molar-refractivity contribution >= 4 is 33.8 Å². The van der Waals surface area contributed by atoms with E-state index >= 15 is 0 Å². The minimum Gasteiger partial charge on any atom is -0.316 e. The average molecular weight is 271 g/mol. The first kappa shape index (κ1) is 14.0. The largest absolute Gasteiger partial charge is 0.316 e. The molecule has 17 heavy (non-hydrogen) atoms. The highest BCUT2D eigenvalue weighted by Gasteiger charge is 2.28. The predicted octanol–water partition coefficient (Wildman–Crippen LogP) is 3.44. The number of hydrogen-bond donors (Lipinski definition) is 1. The number of thiophene rings is 1. The van der Waals surface area contributed by atoms with E-state index < -0.39 is 5.41 Å². The summed E-state index contributed by atoms with van der Waals surface area (Å²) in [5.74, 6) is 0.0783. The second-order valence-electron chi connectivity index (χ2n) is 4.57. The highest BCUT2D eigenvalue weighted by molar-refractivity contribution is 7.16. The van der Waals surface area contributed by atoms with Gasteiger partial charge in [0.2, 0.25) is 5.91 Å². The predicted molar refractivity (Wildman–Crippen MR) is 71.6 cm³/mol. The van der Waals surface area contributed by atoms with Gasteiger partial charge in [0.05, 0.1) is 11.0 Å². The number of aryl methyl sites for hydroxylation is 1. The van der Waals surface area contributed by atoms with Crippen LogP contribution in [0.25, 0.3) is 0 Å². The maximum atomic E-state index is 12.0. The number of hydrogen-bond acceptors (Lipinski definition) is 3. The molecule has 0 saturated heterocycles. The van der Waals surface area contributed by atoms with Crippen LogP contribution in [-0.2, 0) is 4.79 Å². The van der Waals surface area contributed by atoms with Crippen molar-refractivity contribution in [2.75, 3.05) is 11.2 Å². The molecule has 5 heteroatoms. The Morgan fingerprint density at radius 3 is 2.59 bits per heavy atom. The zero-order valence-electron chi connectivity index (χ0n) is 10.3. The molecule has 0 fully saturated rings. The van der Waals surface area contributed by atoms with E-state index in [2.05, 4.69) is 11.4 Å². The molecule has 1 N–H and O–H groups in total. The maximum Gasteiger partial charge on any atom is 0.231 e. The molecule has 0 aliphatic rings. The third-order valence-electron chi connectivity index (χ3n) is 2.67. The van der Waals surface area contributed by atoms with Crippen LogP contribution in [0.5, 0.6) is 0 Å². The summed E-state index contributed by atoms with van der Waals surface area (Å²) in [5.41, 5.74) is 0.836. The SMILES string of the molecule is Cc1sc(NC(=O)C(C)(C)CCl)c(C#N)c1C. The lowest BCUT2D eigenvalue weighted by Gasteiger charge is -2.19. The fraction of sp³-hybridized carbons (Fsp3) is 0.500. The molecule has 3 nitrogen and oxygen atoms in total. The number of halogens is 1. The van der Waals surface area contributed by atoms with Crippen molar-refractivity contribution in [1.29, 1.82) is 5.26 Å². The minimum absolute atomic E-state index is 0.162. The number of carbonyl (C=O) groups is 1. The van der Waals surface area contributed by atoms with Crippen LogP contribution >= 0.6 is 22.9 Å². The second-order valence-corrected chi connectivity index (χ2v) is 6.06. The zero-order valence-corrected chi connectivity index (χ0v) is 11.9. The lowest BCUT2D eigenvalue weighted by Crippen LogP contribution is -2.32. The Morgan fingerprint density at radius 2 is 2.12 bits per heavy atom. The monoisotopic (exact) mass is 270 g/mol. The van der Waals surface area contributed by atoms with Gasteiger partial charge in [0.1, 0.15) is 11.1 Å². The Balaban J connectivity index is 3.02. The van der Waals surface area contributed by atoms with E-state index in [0.29, 0.717) is 10.6 Å². The third kappa shape index (κ3) is 2.80. The van der Waals surface area contributed by atoms with Crippen molar-refractivity contribution in [3.05, 3.63) is 16.0 Å². The second kappa shape index (κ2) is 5.07. The Bertz CT molecular complexity index is 485. The molecule has 1 rings (SSSR count). The molecule has 0 bridgehead atoms. The molecular formula is C12H15ClN2OS. The molecule has 0 unspecified atom stereocenters. The van der Waals surface area contributed by atoms with Gasteiger partial charge < -0.3 is 5.32 Å². The van der Waals surface area contributed by atoms with Crippen LogP contribution in [0.15, 0.2) is 0 Å². The number of nitriles is 1. The fourth-order valence-corrected chi connectivity index (χ4v) is 2.31. The normalized spacial score (nSPS) is 11.1. The fourth-order valence-electron chi connectivity index (χ4n) is 1.18. The molecule has 1 aromatic heterocycles. The van der Waals surface area contributed by atoms with Crippen LogP contribution in [0.4, 0.5) is 5.00 Å². The van der Waals surface area contributed by atoms with Crippen LogP contribution in [0, 0.1) is 30.6 Å². The summed E-state index contributed by atoms with van der Waals surface area (Å²) in [5, 5.41) is 12.5. The summed E-state index contributed by atoms with van der Waals surface area (Å²) < 4.78 is 0. The van der Waals surface area contributed by atoms with Gasteiger partial charge >= 0.3 is 0 Å². The summed E-state index contributed by atoms with van der Waals surface area (Å²) in [6.45, 7) is 7.36. The van der Waals surface area contributed by atoms with E-state index in [1.165, 1.54) is 11.3 Å². The summed E-state index contributed by atoms with van der Waals surface area (Å²) in [6.07, 6.45) is 0. The van der Waals surface area contributed by atoms with Gasteiger partial charge in [0, 0.05) is 10.8 Å². The molecule has 0 spiro atoms. The van der Waals surface area contributed by atoms with Crippen LogP contribution in [0.1, 0.15) is 29.9 Å². The third-order valence-corrected chi connectivity index (χ3v) is 4.46. The zero-order chi connectivity index (χ0) is 13.2. The molecule has 0 radical (unpaired) electrons. The van der Waals surface area contributed by atoms with Crippen molar-refractivity contribution in [3.8, 4) is 6.07 Å². The van der Waals surface area contributed by atoms with Gasteiger partial charge in [-0.25, -0.2) is 0 Å². The lowest BCUT2D eigenvalue weighted by atomic mass is 9.95. The number of anilines is 1. The first-order valence-electron chi connectivity index (χ1n) is 5.21. The van der Waals surface area contributed by atoms with Crippen molar-refractivity contribution in [1.82, 2.24) is 0 Å². The molecule has 1 aromatic rings. The minimum atomic E-state index is -0.639. The van der Waals surface area contributed by atoms with Crippen molar-refractivity contribution < 1.29 is 4.79 Å². The van der Waals surface area contributed by atoms with Crippen LogP contribution in [0.3, 0.4) is 0 Å². The molecule has 0 aromatic carbocycles. The molecule has 1 heterocycles. The van der Waals surface area contributed by atoms with Gasteiger partial charge in [0.25, 0.3) is 0 Å². The molecule has 0 saturated carbocycles. The van der Waals surface area contributed by atoms with E-state index in [4.69, 9.17) is 16.9 Å². The quantitative estimate of drug-likeness (QED) is 0.856. The molecular weight excluding hydrogens is 256 g/mol. The number of alkyl halides is 1. The van der Waals surface area contributed by atoms with Crippen molar-refractivity contribution in [2.24, 2.45) is 5.41 Å².